The number of hydrogen-bond acceptors (Lipinski definition) is 4. The number of carbonyl (C=O) groups is 3. The van der Waals surface area contributed by atoms with Crippen molar-refractivity contribution in [3.8, 4) is 5.75 Å². The zero-order chi connectivity index (χ0) is 19.4. The summed E-state index contributed by atoms with van der Waals surface area (Å²) in [6, 6.07) is 13.5. The minimum absolute atomic E-state index is 0.104. The van der Waals surface area contributed by atoms with Gasteiger partial charge in [-0.2, -0.15) is 0 Å². The van der Waals surface area contributed by atoms with Gasteiger partial charge in [0.1, 0.15) is 5.75 Å². The van der Waals surface area contributed by atoms with Crippen molar-refractivity contribution in [3.05, 3.63) is 59.7 Å². The Labute approximate surface area is 156 Å². The summed E-state index contributed by atoms with van der Waals surface area (Å²) < 4.78 is 5.11. The molecule has 7 nitrogen and oxygen atoms in total. The number of nitrogens with zero attached hydrogens (tertiary/aromatic N) is 1. The Bertz CT molecular complexity index is 863. The number of carboxylic acids is 1. The molecule has 0 aromatic heterocycles. The van der Waals surface area contributed by atoms with Gasteiger partial charge in [0.2, 0.25) is 11.8 Å². The van der Waals surface area contributed by atoms with E-state index < -0.39 is 11.9 Å². The fourth-order valence-corrected chi connectivity index (χ4v) is 3.04. The zero-order valence-electron chi connectivity index (χ0n) is 14.8. The molecule has 3 rings (SSSR count). The van der Waals surface area contributed by atoms with Gasteiger partial charge in [0.25, 0.3) is 0 Å². The molecule has 1 atom stereocenters. The third-order valence-corrected chi connectivity index (χ3v) is 4.52. The zero-order valence-corrected chi connectivity index (χ0v) is 14.8. The monoisotopic (exact) mass is 368 g/mol. The highest BCUT2D eigenvalue weighted by atomic mass is 16.5. The van der Waals surface area contributed by atoms with Crippen LogP contribution in [0.4, 0.5) is 5.69 Å². The van der Waals surface area contributed by atoms with Crippen LogP contribution in [0.15, 0.2) is 48.5 Å². The van der Waals surface area contributed by atoms with Crippen LogP contribution in [-0.2, 0) is 16.1 Å². The number of benzene rings is 2. The van der Waals surface area contributed by atoms with Gasteiger partial charge < -0.3 is 20.1 Å². The minimum Gasteiger partial charge on any atom is -0.497 e. The largest absolute Gasteiger partial charge is 0.497 e. The lowest BCUT2D eigenvalue weighted by Gasteiger charge is -2.17. The lowest BCUT2D eigenvalue weighted by atomic mass is 10.1. The number of ether oxygens (including phenoxy) is 1. The van der Waals surface area contributed by atoms with E-state index in [1.54, 1.807) is 48.4 Å². The fourth-order valence-electron chi connectivity index (χ4n) is 3.04. The van der Waals surface area contributed by atoms with E-state index in [2.05, 4.69) is 5.32 Å². The highest BCUT2D eigenvalue weighted by molar-refractivity contribution is 6.00. The van der Waals surface area contributed by atoms with E-state index in [0.29, 0.717) is 17.9 Å². The quantitative estimate of drug-likeness (QED) is 0.814. The Morgan fingerprint density at radius 2 is 1.96 bits per heavy atom. The lowest BCUT2D eigenvalue weighted by molar-refractivity contribution is -0.126. The molecule has 1 heterocycles. The van der Waals surface area contributed by atoms with Gasteiger partial charge in [-0.3, -0.25) is 9.59 Å². The number of hydrogen-bond donors (Lipinski definition) is 2. The summed E-state index contributed by atoms with van der Waals surface area (Å²) in [5.74, 6) is -1.08. The van der Waals surface area contributed by atoms with Gasteiger partial charge in [-0.25, -0.2) is 4.79 Å². The van der Waals surface area contributed by atoms with Crippen molar-refractivity contribution >= 4 is 23.5 Å². The summed E-state index contributed by atoms with van der Waals surface area (Å²) in [7, 11) is 1.57. The average molecular weight is 368 g/mol. The minimum atomic E-state index is -1.01. The van der Waals surface area contributed by atoms with Gasteiger partial charge >= 0.3 is 5.97 Å². The first-order chi connectivity index (χ1) is 13.0. The Kier molecular flexibility index (Phi) is 5.40. The molecule has 0 radical (unpaired) electrons. The van der Waals surface area contributed by atoms with E-state index in [0.717, 1.165) is 5.69 Å². The summed E-state index contributed by atoms with van der Waals surface area (Å²) in [5.41, 5.74) is 1.59. The smallest absolute Gasteiger partial charge is 0.335 e. The van der Waals surface area contributed by atoms with Crippen LogP contribution in [0.5, 0.6) is 5.75 Å². The van der Waals surface area contributed by atoms with Crippen molar-refractivity contribution in [2.75, 3.05) is 18.6 Å². The van der Waals surface area contributed by atoms with E-state index in [1.807, 2.05) is 0 Å². The molecule has 1 fully saturated rings. The number of methoxy groups -OCH3 is 1. The normalized spacial score (nSPS) is 16.3. The second-order valence-electron chi connectivity index (χ2n) is 6.33. The van der Waals surface area contributed by atoms with Crippen LogP contribution in [0.3, 0.4) is 0 Å². The summed E-state index contributed by atoms with van der Waals surface area (Å²) >= 11 is 0. The molecule has 0 bridgehead atoms. The molecule has 2 aromatic carbocycles. The molecule has 1 aliphatic heterocycles. The maximum absolute atomic E-state index is 12.4. The Morgan fingerprint density at radius 1 is 1.22 bits per heavy atom. The van der Waals surface area contributed by atoms with Crippen LogP contribution in [0.2, 0.25) is 0 Å². The summed E-state index contributed by atoms with van der Waals surface area (Å²) in [6.45, 7) is 0.527. The van der Waals surface area contributed by atoms with Gasteiger partial charge in [-0.05, 0) is 42.0 Å². The number of amides is 2. The van der Waals surface area contributed by atoms with E-state index in [4.69, 9.17) is 9.84 Å². The number of anilines is 1. The Balaban J connectivity index is 1.60. The van der Waals surface area contributed by atoms with Crippen molar-refractivity contribution < 1.29 is 24.2 Å². The molecule has 140 valence electrons. The third kappa shape index (κ3) is 4.25. The second kappa shape index (κ2) is 7.90. The first-order valence-corrected chi connectivity index (χ1v) is 8.52. The first kappa shape index (κ1) is 18.4. The van der Waals surface area contributed by atoms with Gasteiger partial charge in [0, 0.05) is 25.2 Å². The van der Waals surface area contributed by atoms with Crippen molar-refractivity contribution in [1.82, 2.24) is 5.32 Å². The predicted molar refractivity (Wildman–Crippen MR) is 98.7 cm³/mol. The topological polar surface area (TPSA) is 95.9 Å². The van der Waals surface area contributed by atoms with Crippen LogP contribution in [0, 0.1) is 5.92 Å². The van der Waals surface area contributed by atoms with Crippen LogP contribution in [0.25, 0.3) is 0 Å². The van der Waals surface area contributed by atoms with Crippen molar-refractivity contribution in [2.45, 2.75) is 13.0 Å². The van der Waals surface area contributed by atoms with E-state index in [9.17, 15) is 14.4 Å². The summed E-state index contributed by atoms with van der Waals surface area (Å²) in [4.78, 5) is 37.3. The maximum Gasteiger partial charge on any atom is 0.335 e. The van der Waals surface area contributed by atoms with Crippen LogP contribution in [-0.4, -0.2) is 36.5 Å². The highest BCUT2D eigenvalue weighted by Gasteiger charge is 2.35. The van der Waals surface area contributed by atoms with Crippen molar-refractivity contribution in [3.63, 3.8) is 0 Å². The SMILES string of the molecule is COc1ccc(N2CC(C(=O)NCc3cccc(C(=O)O)c3)CC2=O)cc1. The molecule has 2 aromatic rings. The number of rotatable bonds is 6. The maximum atomic E-state index is 12.4. The number of aromatic carboxylic acids is 1. The molecular formula is C20H20N2O5. The van der Waals surface area contributed by atoms with Crippen molar-refractivity contribution in [2.24, 2.45) is 5.92 Å². The van der Waals surface area contributed by atoms with Gasteiger partial charge in [0.15, 0.2) is 0 Å². The highest BCUT2D eigenvalue weighted by Crippen LogP contribution is 2.27. The molecular weight excluding hydrogens is 348 g/mol. The molecule has 2 N–H and O–H groups in total. The number of nitrogens with one attached hydrogen (secondary N) is 1. The van der Waals surface area contributed by atoms with Crippen LogP contribution in [0.1, 0.15) is 22.3 Å². The number of carbonyl (C=O) groups excluding carboxylic acids is 2. The fraction of sp³-hybridized carbons (Fsp3) is 0.250. The Hall–Kier alpha value is -3.35. The predicted octanol–water partition coefficient (Wildman–Crippen LogP) is 2.06. The summed E-state index contributed by atoms with van der Waals surface area (Å²) in [6.07, 6.45) is 0.146. The standard InChI is InChI=1S/C20H20N2O5/c1-27-17-7-5-16(6-8-17)22-12-15(10-18(22)23)19(24)21-11-13-3-2-4-14(9-13)20(25)26/h2-9,15H,10-12H2,1H3,(H,21,24)(H,25,26). The molecule has 0 saturated carbocycles. The van der Waals surface area contributed by atoms with E-state index in [1.165, 1.54) is 12.1 Å². The molecule has 1 saturated heterocycles. The lowest BCUT2D eigenvalue weighted by Crippen LogP contribution is -2.32. The molecule has 0 aliphatic carbocycles. The molecule has 27 heavy (non-hydrogen) atoms. The molecule has 1 aliphatic rings. The van der Waals surface area contributed by atoms with Crippen LogP contribution < -0.4 is 15.0 Å². The first-order valence-electron chi connectivity index (χ1n) is 8.52. The van der Waals surface area contributed by atoms with E-state index in [-0.39, 0.29) is 30.3 Å². The Morgan fingerprint density at radius 3 is 2.63 bits per heavy atom. The van der Waals surface area contributed by atoms with Crippen molar-refractivity contribution in [1.29, 1.82) is 0 Å². The molecule has 2 amide bonds. The number of carboxylic acid groups (broad SMARTS) is 1. The van der Waals surface area contributed by atoms with Gasteiger partial charge in [0.05, 0.1) is 18.6 Å². The average Bonchev–Trinajstić information content (AvgIpc) is 3.08. The van der Waals surface area contributed by atoms with Gasteiger partial charge in [-0.1, -0.05) is 12.1 Å². The van der Waals surface area contributed by atoms with Gasteiger partial charge in [-0.15, -0.1) is 0 Å². The third-order valence-electron chi connectivity index (χ3n) is 4.52. The molecule has 1 unspecified atom stereocenters. The van der Waals surface area contributed by atoms with Crippen LogP contribution >= 0.6 is 0 Å². The summed E-state index contributed by atoms with van der Waals surface area (Å²) in [5, 5.41) is 11.8. The molecule has 0 spiro atoms. The second-order valence-corrected chi connectivity index (χ2v) is 6.33. The molecule has 7 heteroatoms. The van der Waals surface area contributed by atoms with E-state index >= 15 is 0 Å².